The second kappa shape index (κ2) is 9.19. The molecule has 1 saturated heterocycles. The Hall–Kier alpha value is -3.84. The van der Waals surface area contributed by atoms with Crippen LogP contribution in [0, 0.1) is 11.3 Å². The van der Waals surface area contributed by atoms with Crippen LogP contribution in [0.2, 0.25) is 0 Å². The summed E-state index contributed by atoms with van der Waals surface area (Å²) >= 11 is 0. The largest absolute Gasteiger partial charge is 0.372 e. The molecule has 0 saturated carbocycles. The molecule has 1 aliphatic rings. The molecule has 10 nitrogen and oxygen atoms in total. The summed E-state index contributed by atoms with van der Waals surface area (Å²) in [6.07, 6.45) is 7.71. The van der Waals surface area contributed by atoms with Gasteiger partial charge in [0.2, 0.25) is 5.95 Å². The van der Waals surface area contributed by atoms with Crippen LogP contribution < -0.4 is 4.90 Å². The highest BCUT2D eigenvalue weighted by molar-refractivity contribution is 5.54. The lowest BCUT2D eigenvalue weighted by Gasteiger charge is -2.34. The molecule has 5 rings (SSSR count). The van der Waals surface area contributed by atoms with Gasteiger partial charge in [-0.1, -0.05) is 13.3 Å². The van der Waals surface area contributed by atoms with E-state index >= 15 is 0 Å². The second-order valence-electron chi connectivity index (χ2n) is 8.66. The van der Waals surface area contributed by atoms with E-state index in [0.29, 0.717) is 23.8 Å². The lowest BCUT2D eigenvalue weighted by molar-refractivity contribution is -0.00570. The van der Waals surface area contributed by atoms with E-state index in [1.54, 1.807) is 40.1 Å². The van der Waals surface area contributed by atoms with Gasteiger partial charge in [-0.25, -0.2) is 19.2 Å². The van der Waals surface area contributed by atoms with Gasteiger partial charge >= 0.3 is 0 Å². The monoisotopic (exact) mass is 457 g/mol. The van der Waals surface area contributed by atoms with Gasteiger partial charge in [0.1, 0.15) is 12.4 Å². The van der Waals surface area contributed by atoms with Crippen molar-refractivity contribution in [3.8, 4) is 11.9 Å². The number of hydrogen-bond acceptors (Lipinski definition) is 8. The SMILES string of the molecule is CCCc1c(Cc2ccnn2-c2ncccc2C#N)ncn2nc(N3CC(C)OC(C)C3)nc12. The van der Waals surface area contributed by atoms with Crippen molar-refractivity contribution in [2.45, 2.75) is 52.2 Å². The molecule has 0 amide bonds. The standard InChI is InChI=1S/C24H27N9O/c1-4-6-20-21(11-19-8-10-28-33(19)22-18(12-25)7-5-9-26-22)27-15-32-23(20)29-24(30-32)31-13-16(2)34-17(3)14-31/h5,7-10,15-17H,4,6,11,13-14H2,1-3H3. The number of aromatic nitrogens is 7. The van der Waals surface area contributed by atoms with Gasteiger partial charge in [0.15, 0.2) is 11.5 Å². The molecule has 34 heavy (non-hydrogen) atoms. The maximum absolute atomic E-state index is 9.50. The maximum Gasteiger partial charge on any atom is 0.245 e. The zero-order valence-electron chi connectivity index (χ0n) is 19.6. The third-order valence-corrected chi connectivity index (χ3v) is 5.94. The molecule has 0 bridgehead atoms. The Morgan fingerprint density at radius 1 is 1.15 bits per heavy atom. The number of hydrogen-bond donors (Lipinski definition) is 0. The molecule has 174 valence electrons. The van der Waals surface area contributed by atoms with Crippen molar-refractivity contribution in [2.75, 3.05) is 18.0 Å². The number of rotatable bonds is 6. The minimum Gasteiger partial charge on any atom is -0.372 e. The number of aryl methyl sites for hydroxylation is 1. The van der Waals surface area contributed by atoms with Crippen LogP contribution in [0.15, 0.2) is 36.9 Å². The summed E-state index contributed by atoms with van der Waals surface area (Å²) in [5, 5.41) is 18.7. The molecule has 1 aliphatic heterocycles. The quantitative estimate of drug-likeness (QED) is 0.435. The van der Waals surface area contributed by atoms with E-state index in [9.17, 15) is 5.26 Å². The van der Waals surface area contributed by atoms with Gasteiger partial charge in [0.25, 0.3) is 0 Å². The minimum atomic E-state index is 0.129. The number of nitrogens with zero attached hydrogens (tertiary/aromatic N) is 9. The number of anilines is 1. The van der Waals surface area contributed by atoms with E-state index in [4.69, 9.17) is 19.8 Å². The first kappa shape index (κ1) is 22.0. The average Bonchev–Trinajstić information content (AvgIpc) is 3.47. The molecule has 0 aliphatic carbocycles. The summed E-state index contributed by atoms with van der Waals surface area (Å²) in [5.74, 6) is 1.22. The molecule has 4 aromatic heterocycles. The second-order valence-corrected chi connectivity index (χ2v) is 8.66. The average molecular weight is 458 g/mol. The summed E-state index contributed by atoms with van der Waals surface area (Å²) < 4.78 is 9.36. The Morgan fingerprint density at radius 2 is 1.97 bits per heavy atom. The lowest BCUT2D eigenvalue weighted by atomic mass is 10.1. The van der Waals surface area contributed by atoms with Gasteiger partial charge < -0.3 is 9.64 Å². The summed E-state index contributed by atoms with van der Waals surface area (Å²) in [6, 6.07) is 7.62. The number of pyridine rings is 1. The van der Waals surface area contributed by atoms with Crippen LogP contribution in [0.4, 0.5) is 5.95 Å². The highest BCUT2D eigenvalue weighted by atomic mass is 16.5. The van der Waals surface area contributed by atoms with Crippen molar-refractivity contribution in [1.29, 1.82) is 5.26 Å². The molecular formula is C24H27N9O. The Kier molecular flexibility index (Phi) is 5.94. The third-order valence-electron chi connectivity index (χ3n) is 5.94. The van der Waals surface area contributed by atoms with Crippen LogP contribution in [0.25, 0.3) is 11.5 Å². The highest BCUT2D eigenvalue weighted by Crippen LogP contribution is 2.23. The van der Waals surface area contributed by atoms with Crippen LogP contribution in [0.1, 0.15) is 49.7 Å². The topological polar surface area (TPSA) is 110 Å². The van der Waals surface area contributed by atoms with E-state index in [1.807, 2.05) is 6.07 Å². The summed E-state index contributed by atoms with van der Waals surface area (Å²) in [4.78, 5) is 16.2. The molecule has 5 heterocycles. The molecule has 10 heteroatoms. The van der Waals surface area contributed by atoms with E-state index in [2.05, 4.69) is 41.8 Å². The van der Waals surface area contributed by atoms with Crippen LogP contribution in [0.3, 0.4) is 0 Å². The normalized spacial score (nSPS) is 18.4. The Morgan fingerprint density at radius 3 is 2.74 bits per heavy atom. The Bertz CT molecular complexity index is 1340. The first-order valence-corrected chi connectivity index (χ1v) is 11.6. The van der Waals surface area contributed by atoms with Crippen molar-refractivity contribution in [3.05, 3.63) is 59.4 Å². The molecule has 1 fully saturated rings. The fraction of sp³-hybridized carbons (Fsp3) is 0.417. The van der Waals surface area contributed by atoms with Crippen LogP contribution >= 0.6 is 0 Å². The molecule has 2 atom stereocenters. The van der Waals surface area contributed by atoms with Crippen molar-refractivity contribution in [3.63, 3.8) is 0 Å². The predicted octanol–water partition coefficient (Wildman–Crippen LogP) is 2.73. The van der Waals surface area contributed by atoms with Gasteiger partial charge in [-0.15, -0.1) is 5.10 Å². The first-order chi connectivity index (χ1) is 16.6. The Labute approximate surface area is 197 Å². The fourth-order valence-electron chi connectivity index (χ4n) is 4.54. The van der Waals surface area contributed by atoms with E-state index < -0.39 is 0 Å². The molecule has 2 unspecified atom stereocenters. The van der Waals surface area contributed by atoms with Crippen molar-refractivity contribution >= 4 is 11.6 Å². The zero-order valence-corrected chi connectivity index (χ0v) is 19.6. The lowest BCUT2D eigenvalue weighted by Crippen LogP contribution is -2.46. The van der Waals surface area contributed by atoms with Gasteiger partial charge in [-0.2, -0.15) is 15.3 Å². The summed E-state index contributed by atoms with van der Waals surface area (Å²) in [6.45, 7) is 7.81. The molecule has 0 spiro atoms. The maximum atomic E-state index is 9.50. The van der Waals surface area contributed by atoms with Gasteiger partial charge in [-0.05, 0) is 38.5 Å². The van der Waals surface area contributed by atoms with Crippen LogP contribution in [-0.2, 0) is 17.6 Å². The van der Waals surface area contributed by atoms with Crippen molar-refractivity contribution < 1.29 is 4.74 Å². The number of fused-ring (bicyclic) bond motifs is 1. The predicted molar refractivity (Wildman–Crippen MR) is 126 cm³/mol. The fourth-order valence-corrected chi connectivity index (χ4v) is 4.54. The number of nitriles is 1. The summed E-state index contributed by atoms with van der Waals surface area (Å²) in [5.41, 5.74) is 4.21. The zero-order chi connectivity index (χ0) is 23.7. The highest BCUT2D eigenvalue weighted by Gasteiger charge is 2.26. The van der Waals surface area contributed by atoms with Crippen molar-refractivity contribution in [2.24, 2.45) is 0 Å². The van der Waals surface area contributed by atoms with Gasteiger partial charge in [0.05, 0.1) is 29.2 Å². The van der Waals surface area contributed by atoms with Gasteiger partial charge in [0, 0.05) is 37.5 Å². The smallest absolute Gasteiger partial charge is 0.245 e. The molecular weight excluding hydrogens is 430 g/mol. The van der Waals surface area contributed by atoms with E-state index in [0.717, 1.165) is 48.5 Å². The molecule has 4 aromatic rings. The first-order valence-electron chi connectivity index (χ1n) is 11.6. The minimum absolute atomic E-state index is 0.129. The summed E-state index contributed by atoms with van der Waals surface area (Å²) in [7, 11) is 0. The Balaban J connectivity index is 1.52. The molecule has 0 aromatic carbocycles. The number of ether oxygens (including phenoxy) is 1. The van der Waals surface area contributed by atoms with E-state index in [-0.39, 0.29) is 12.2 Å². The van der Waals surface area contributed by atoms with Crippen molar-refractivity contribution in [1.82, 2.24) is 34.3 Å². The van der Waals surface area contributed by atoms with E-state index in [1.165, 1.54) is 0 Å². The van der Waals surface area contributed by atoms with Crippen LogP contribution in [-0.4, -0.2) is 59.6 Å². The van der Waals surface area contributed by atoms with Gasteiger partial charge in [-0.3, -0.25) is 0 Å². The molecule has 0 radical (unpaired) electrons. The third kappa shape index (κ3) is 4.10. The molecule has 0 N–H and O–H groups in total. The van der Waals surface area contributed by atoms with Crippen LogP contribution in [0.5, 0.6) is 0 Å². The number of morpholine rings is 1.